The van der Waals surface area contributed by atoms with Crippen molar-refractivity contribution in [3.63, 3.8) is 0 Å². The van der Waals surface area contributed by atoms with Crippen LogP contribution >= 0.6 is 11.3 Å². The van der Waals surface area contributed by atoms with Gasteiger partial charge in [-0.1, -0.05) is 17.4 Å². The number of nitrogens with one attached hydrogen (secondary N) is 2. The molecule has 0 atom stereocenters. The molecule has 8 nitrogen and oxygen atoms in total. The summed E-state index contributed by atoms with van der Waals surface area (Å²) in [6, 6.07) is 10.3. The highest BCUT2D eigenvalue weighted by atomic mass is 32.2. The molecule has 1 aromatic heterocycles. The van der Waals surface area contributed by atoms with Crippen molar-refractivity contribution in [1.82, 2.24) is 14.7 Å². The fourth-order valence-corrected chi connectivity index (χ4v) is 5.11. The number of carbonyl (C=O) groups excluding carboxylic acids is 1. The summed E-state index contributed by atoms with van der Waals surface area (Å²) in [6.45, 7) is 1.33. The monoisotopic (exact) mass is 436 g/mol. The average Bonchev–Trinajstić information content (AvgIpc) is 3.17. The number of benzene rings is 2. The molecular formula is C18H17FN4O4S2. The normalized spacial score (nSPS) is 15.3. The van der Waals surface area contributed by atoms with Crippen molar-refractivity contribution in [3.8, 4) is 0 Å². The second-order valence-electron chi connectivity index (χ2n) is 6.23. The van der Waals surface area contributed by atoms with E-state index in [0.29, 0.717) is 36.1 Å². The van der Waals surface area contributed by atoms with Gasteiger partial charge in [0.2, 0.25) is 15.2 Å². The second kappa shape index (κ2) is 8.03. The van der Waals surface area contributed by atoms with E-state index in [1.54, 1.807) is 12.1 Å². The van der Waals surface area contributed by atoms with E-state index in [1.165, 1.54) is 46.0 Å². The lowest BCUT2D eigenvalue weighted by molar-refractivity contribution is 0.0730. The van der Waals surface area contributed by atoms with Crippen molar-refractivity contribution >= 4 is 42.6 Å². The van der Waals surface area contributed by atoms with E-state index < -0.39 is 21.7 Å². The van der Waals surface area contributed by atoms with E-state index in [2.05, 4.69) is 15.8 Å². The second-order valence-corrected chi connectivity index (χ2v) is 9.19. The number of hydrogen-bond acceptors (Lipinski definition) is 7. The summed E-state index contributed by atoms with van der Waals surface area (Å²) >= 11 is 1.20. The number of nitrogens with zero attached hydrogens (tertiary/aromatic N) is 2. The van der Waals surface area contributed by atoms with Gasteiger partial charge >= 0.3 is 0 Å². The topological polar surface area (TPSA) is 101 Å². The van der Waals surface area contributed by atoms with Gasteiger partial charge in [-0.25, -0.2) is 17.8 Å². The third kappa shape index (κ3) is 4.08. The van der Waals surface area contributed by atoms with E-state index in [9.17, 15) is 17.6 Å². The number of sulfonamides is 1. The number of anilines is 1. The average molecular weight is 436 g/mol. The van der Waals surface area contributed by atoms with E-state index in [4.69, 9.17) is 4.74 Å². The van der Waals surface area contributed by atoms with Gasteiger partial charge in [0.1, 0.15) is 11.3 Å². The highest BCUT2D eigenvalue weighted by Crippen LogP contribution is 2.27. The van der Waals surface area contributed by atoms with Gasteiger partial charge in [0.15, 0.2) is 0 Å². The number of aromatic nitrogens is 1. The van der Waals surface area contributed by atoms with Crippen LogP contribution in [0.4, 0.5) is 9.52 Å². The van der Waals surface area contributed by atoms with Gasteiger partial charge in [0, 0.05) is 18.7 Å². The number of halogens is 1. The molecule has 0 spiro atoms. The Bertz CT molecular complexity index is 1140. The van der Waals surface area contributed by atoms with Gasteiger partial charge in [0.25, 0.3) is 5.91 Å². The number of amides is 1. The maximum atomic E-state index is 13.7. The van der Waals surface area contributed by atoms with Crippen LogP contribution < -0.4 is 10.9 Å². The number of morpholine rings is 1. The molecule has 3 aromatic rings. The minimum Gasteiger partial charge on any atom is -0.379 e. The zero-order chi connectivity index (χ0) is 20.4. The number of rotatable bonds is 5. The summed E-state index contributed by atoms with van der Waals surface area (Å²) in [5, 5.41) is 0.338. The largest absolute Gasteiger partial charge is 0.379 e. The Morgan fingerprint density at radius 2 is 1.86 bits per heavy atom. The van der Waals surface area contributed by atoms with Crippen molar-refractivity contribution in [2.24, 2.45) is 0 Å². The smallest absolute Gasteiger partial charge is 0.269 e. The molecule has 4 rings (SSSR count). The number of carbonyl (C=O) groups is 1. The molecule has 0 saturated carbocycles. The molecule has 0 radical (unpaired) electrons. The third-order valence-electron chi connectivity index (χ3n) is 4.38. The predicted molar refractivity (Wildman–Crippen MR) is 107 cm³/mol. The lowest BCUT2D eigenvalue weighted by Crippen LogP contribution is -2.40. The Kier molecular flexibility index (Phi) is 5.46. The Morgan fingerprint density at radius 1 is 1.14 bits per heavy atom. The fourth-order valence-electron chi connectivity index (χ4n) is 2.87. The summed E-state index contributed by atoms with van der Waals surface area (Å²) in [4.78, 5) is 16.5. The van der Waals surface area contributed by atoms with Crippen molar-refractivity contribution in [1.29, 1.82) is 0 Å². The van der Waals surface area contributed by atoms with Gasteiger partial charge in [-0.2, -0.15) is 4.31 Å². The number of para-hydroxylation sites is 1. The molecule has 29 heavy (non-hydrogen) atoms. The Balaban J connectivity index is 1.43. The summed E-state index contributed by atoms with van der Waals surface area (Å²) in [6.07, 6.45) is 0. The van der Waals surface area contributed by atoms with Gasteiger partial charge in [-0.05, 0) is 36.4 Å². The Morgan fingerprint density at radius 3 is 2.55 bits per heavy atom. The minimum atomic E-state index is -3.62. The predicted octanol–water partition coefficient (Wildman–Crippen LogP) is 2.21. The van der Waals surface area contributed by atoms with Crippen LogP contribution in [0.1, 0.15) is 10.4 Å². The number of fused-ring (bicyclic) bond motifs is 1. The van der Waals surface area contributed by atoms with Crippen LogP contribution in [0.3, 0.4) is 0 Å². The molecule has 11 heteroatoms. The number of ether oxygens (including phenoxy) is 1. The molecule has 152 valence electrons. The molecule has 1 fully saturated rings. The minimum absolute atomic E-state index is 0.116. The van der Waals surface area contributed by atoms with Gasteiger partial charge < -0.3 is 4.74 Å². The first-order chi connectivity index (χ1) is 13.9. The highest BCUT2D eigenvalue weighted by molar-refractivity contribution is 7.89. The molecule has 0 aliphatic carbocycles. The first-order valence-corrected chi connectivity index (χ1v) is 11.0. The number of hydrazine groups is 1. The molecule has 0 bridgehead atoms. The van der Waals surface area contributed by atoms with E-state index >= 15 is 0 Å². The first-order valence-electron chi connectivity index (χ1n) is 8.74. The maximum Gasteiger partial charge on any atom is 0.269 e. The van der Waals surface area contributed by atoms with E-state index in [0.717, 1.165) is 0 Å². The summed E-state index contributed by atoms with van der Waals surface area (Å²) < 4.78 is 46.1. The van der Waals surface area contributed by atoms with Crippen molar-refractivity contribution < 1.29 is 22.3 Å². The highest BCUT2D eigenvalue weighted by Gasteiger charge is 2.26. The SMILES string of the molecule is O=C(NNc1nc2c(F)cccc2s1)c1ccc(S(=O)(=O)N2CCOCC2)cc1. The lowest BCUT2D eigenvalue weighted by atomic mass is 10.2. The van der Waals surface area contributed by atoms with Crippen LogP contribution in [0.25, 0.3) is 10.2 Å². The van der Waals surface area contributed by atoms with Crippen LogP contribution in [0.5, 0.6) is 0 Å². The van der Waals surface area contributed by atoms with Gasteiger partial charge in [-0.3, -0.25) is 15.6 Å². The van der Waals surface area contributed by atoms with Crippen molar-refractivity contribution in [2.45, 2.75) is 4.90 Å². The van der Waals surface area contributed by atoms with Gasteiger partial charge in [0.05, 0.1) is 22.8 Å². The Hall–Kier alpha value is -2.60. The third-order valence-corrected chi connectivity index (χ3v) is 7.23. The zero-order valence-electron chi connectivity index (χ0n) is 15.1. The molecule has 2 aromatic carbocycles. The van der Waals surface area contributed by atoms with E-state index in [1.807, 2.05) is 0 Å². The lowest BCUT2D eigenvalue weighted by Gasteiger charge is -2.26. The molecule has 1 saturated heterocycles. The molecule has 2 heterocycles. The first kappa shape index (κ1) is 19.7. The molecule has 1 aliphatic rings. The van der Waals surface area contributed by atoms with Crippen LogP contribution in [-0.2, 0) is 14.8 Å². The quantitative estimate of drug-likeness (QED) is 0.595. The van der Waals surface area contributed by atoms with Crippen LogP contribution in [0.15, 0.2) is 47.4 Å². The Labute approximate surface area is 170 Å². The zero-order valence-corrected chi connectivity index (χ0v) is 16.7. The number of hydrogen-bond donors (Lipinski definition) is 2. The van der Waals surface area contributed by atoms with Crippen molar-refractivity contribution in [3.05, 3.63) is 53.8 Å². The van der Waals surface area contributed by atoms with Gasteiger partial charge in [-0.15, -0.1) is 0 Å². The summed E-state index contributed by atoms with van der Waals surface area (Å²) in [7, 11) is -3.62. The van der Waals surface area contributed by atoms with Crippen LogP contribution in [0, 0.1) is 5.82 Å². The molecular weight excluding hydrogens is 419 g/mol. The summed E-state index contributed by atoms with van der Waals surface area (Å²) in [5.74, 6) is -0.907. The van der Waals surface area contributed by atoms with E-state index in [-0.39, 0.29) is 16.0 Å². The standard InChI is InChI=1S/C18H17FN4O4S2/c19-14-2-1-3-15-16(14)20-18(28-15)22-21-17(24)12-4-6-13(7-5-12)29(25,26)23-8-10-27-11-9-23/h1-7H,8-11H2,(H,20,22)(H,21,24). The molecule has 2 N–H and O–H groups in total. The van der Waals surface area contributed by atoms with Crippen LogP contribution in [0.2, 0.25) is 0 Å². The van der Waals surface area contributed by atoms with Crippen LogP contribution in [-0.4, -0.2) is 49.9 Å². The molecule has 1 aliphatic heterocycles. The maximum absolute atomic E-state index is 13.7. The van der Waals surface area contributed by atoms with Crippen molar-refractivity contribution in [2.75, 3.05) is 31.7 Å². The summed E-state index contributed by atoms with van der Waals surface area (Å²) in [5.41, 5.74) is 5.63. The molecule has 0 unspecified atom stereocenters. The molecule has 1 amide bonds. The fraction of sp³-hybridized carbons (Fsp3) is 0.222. The number of thiazole rings is 1.